The summed E-state index contributed by atoms with van der Waals surface area (Å²) in [7, 11) is 1.68. The zero-order valence-corrected chi connectivity index (χ0v) is 13.4. The summed E-state index contributed by atoms with van der Waals surface area (Å²) in [6, 6.07) is 18.3. The topological polar surface area (TPSA) is 22.1 Å². The SMILES string of the molecule is COc1ccc2cc(-c3nc4cc(Cl)ccc4s3)ccc2c1. The monoisotopic (exact) mass is 325 g/mol. The summed E-state index contributed by atoms with van der Waals surface area (Å²) in [5.41, 5.74) is 2.07. The smallest absolute Gasteiger partial charge is 0.124 e. The fourth-order valence-corrected chi connectivity index (χ4v) is 3.62. The maximum atomic E-state index is 6.03. The quantitative estimate of drug-likeness (QED) is 0.466. The Hall–Kier alpha value is -2.10. The Bertz CT molecular complexity index is 993. The molecule has 0 N–H and O–H groups in total. The molecule has 1 heterocycles. The number of hydrogen-bond acceptors (Lipinski definition) is 3. The molecule has 0 aliphatic carbocycles. The molecule has 3 aromatic carbocycles. The number of rotatable bonds is 2. The number of halogens is 1. The molecule has 4 rings (SSSR count). The first-order valence-electron chi connectivity index (χ1n) is 6.87. The van der Waals surface area contributed by atoms with E-state index in [0.29, 0.717) is 0 Å². The summed E-state index contributed by atoms with van der Waals surface area (Å²) in [5.74, 6) is 0.870. The van der Waals surface area contributed by atoms with Crippen LogP contribution < -0.4 is 4.74 Å². The van der Waals surface area contributed by atoms with Crippen LogP contribution in [0.2, 0.25) is 5.02 Å². The Morgan fingerprint density at radius 1 is 0.955 bits per heavy atom. The van der Waals surface area contributed by atoms with E-state index in [4.69, 9.17) is 21.3 Å². The average Bonchev–Trinajstić information content (AvgIpc) is 2.96. The number of nitrogens with zero attached hydrogens (tertiary/aromatic N) is 1. The fraction of sp³-hybridized carbons (Fsp3) is 0.0556. The molecule has 2 nitrogen and oxygen atoms in total. The second kappa shape index (κ2) is 5.27. The Labute approximate surface area is 136 Å². The van der Waals surface area contributed by atoms with Crippen molar-refractivity contribution in [3.63, 3.8) is 0 Å². The Balaban J connectivity index is 1.84. The predicted molar refractivity (Wildman–Crippen MR) is 94.1 cm³/mol. The molecule has 0 spiro atoms. The zero-order valence-electron chi connectivity index (χ0n) is 11.8. The van der Waals surface area contributed by atoms with Crippen LogP contribution in [0, 0.1) is 0 Å². The minimum absolute atomic E-state index is 0.718. The van der Waals surface area contributed by atoms with E-state index in [1.165, 1.54) is 5.39 Å². The molecule has 0 amide bonds. The lowest BCUT2D eigenvalue weighted by Gasteiger charge is -2.04. The average molecular weight is 326 g/mol. The molecule has 4 heteroatoms. The first-order valence-corrected chi connectivity index (χ1v) is 8.07. The van der Waals surface area contributed by atoms with Gasteiger partial charge in [-0.2, -0.15) is 0 Å². The number of ether oxygens (including phenoxy) is 1. The van der Waals surface area contributed by atoms with Gasteiger partial charge in [-0.15, -0.1) is 11.3 Å². The van der Waals surface area contributed by atoms with Gasteiger partial charge in [0.15, 0.2) is 0 Å². The van der Waals surface area contributed by atoms with Crippen LogP contribution in [-0.2, 0) is 0 Å². The van der Waals surface area contributed by atoms with Crippen molar-refractivity contribution in [3.05, 3.63) is 59.6 Å². The Morgan fingerprint density at radius 2 is 1.77 bits per heavy atom. The van der Waals surface area contributed by atoms with E-state index >= 15 is 0 Å². The third kappa shape index (κ3) is 2.32. The van der Waals surface area contributed by atoms with E-state index in [1.807, 2.05) is 30.3 Å². The highest BCUT2D eigenvalue weighted by Gasteiger charge is 2.08. The fourth-order valence-electron chi connectivity index (χ4n) is 2.51. The van der Waals surface area contributed by atoms with Gasteiger partial charge < -0.3 is 4.74 Å². The van der Waals surface area contributed by atoms with E-state index in [2.05, 4.69) is 24.3 Å². The lowest BCUT2D eigenvalue weighted by Crippen LogP contribution is -1.83. The molecule has 0 bridgehead atoms. The van der Waals surface area contributed by atoms with Crippen LogP contribution in [0.4, 0.5) is 0 Å². The van der Waals surface area contributed by atoms with Gasteiger partial charge in [-0.3, -0.25) is 0 Å². The molecule has 0 saturated carbocycles. The van der Waals surface area contributed by atoms with Crippen molar-refractivity contribution in [1.82, 2.24) is 4.98 Å². The molecular formula is C18H12ClNOS. The molecule has 0 aliphatic rings. The second-order valence-corrected chi connectivity index (χ2v) is 6.53. The minimum atomic E-state index is 0.718. The number of thiazole rings is 1. The molecule has 0 unspecified atom stereocenters. The summed E-state index contributed by atoms with van der Waals surface area (Å²) >= 11 is 7.71. The van der Waals surface area contributed by atoms with Gasteiger partial charge in [0.05, 0.1) is 17.3 Å². The maximum absolute atomic E-state index is 6.03. The van der Waals surface area contributed by atoms with Crippen LogP contribution in [0.15, 0.2) is 54.6 Å². The standard InChI is InChI=1S/C18H12ClNOS/c1-21-15-6-4-11-8-13(3-2-12(11)9-15)18-20-16-10-14(19)5-7-17(16)22-18/h2-10H,1H3. The summed E-state index contributed by atoms with van der Waals surface area (Å²) < 4.78 is 6.41. The molecule has 0 saturated heterocycles. The molecule has 22 heavy (non-hydrogen) atoms. The van der Waals surface area contributed by atoms with E-state index in [1.54, 1.807) is 18.4 Å². The lowest BCUT2D eigenvalue weighted by molar-refractivity contribution is 0.415. The van der Waals surface area contributed by atoms with Crippen molar-refractivity contribution in [2.45, 2.75) is 0 Å². The molecule has 0 radical (unpaired) electrons. The molecule has 108 valence electrons. The first kappa shape index (κ1) is 13.6. The van der Waals surface area contributed by atoms with Crippen molar-refractivity contribution in [1.29, 1.82) is 0 Å². The van der Waals surface area contributed by atoms with E-state index in [0.717, 1.165) is 36.9 Å². The first-order chi connectivity index (χ1) is 10.7. The third-order valence-electron chi connectivity index (χ3n) is 3.64. The van der Waals surface area contributed by atoms with Crippen molar-refractivity contribution >= 4 is 43.9 Å². The summed E-state index contributed by atoms with van der Waals surface area (Å²) in [4.78, 5) is 4.69. The van der Waals surface area contributed by atoms with Gasteiger partial charge >= 0.3 is 0 Å². The minimum Gasteiger partial charge on any atom is -0.497 e. The molecular weight excluding hydrogens is 314 g/mol. The zero-order chi connectivity index (χ0) is 15.1. The van der Waals surface area contributed by atoms with E-state index < -0.39 is 0 Å². The summed E-state index contributed by atoms with van der Waals surface area (Å²) in [6.45, 7) is 0. The van der Waals surface area contributed by atoms with Gasteiger partial charge in [-0.05, 0) is 47.2 Å². The predicted octanol–water partition coefficient (Wildman–Crippen LogP) is 5.78. The van der Waals surface area contributed by atoms with Crippen molar-refractivity contribution < 1.29 is 4.74 Å². The number of methoxy groups -OCH3 is 1. The number of hydrogen-bond donors (Lipinski definition) is 0. The highest BCUT2D eigenvalue weighted by atomic mass is 35.5. The normalized spacial score (nSPS) is 11.2. The largest absolute Gasteiger partial charge is 0.497 e. The Kier molecular flexibility index (Phi) is 3.25. The second-order valence-electron chi connectivity index (χ2n) is 5.06. The van der Waals surface area contributed by atoms with Crippen LogP contribution >= 0.6 is 22.9 Å². The summed E-state index contributed by atoms with van der Waals surface area (Å²) in [6.07, 6.45) is 0. The van der Waals surface area contributed by atoms with Crippen molar-refractivity contribution in [2.24, 2.45) is 0 Å². The number of benzene rings is 3. The van der Waals surface area contributed by atoms with Crippen LogP contribution in [0.1, 0.15) is 0 Å². The summed E-state index contributed by atoms with van der Waals surface area (Å²) in [5, 5.41) is 4.06. The van der Waals surface area contributed by atoms with Crippen LogP contribution in [-0.4, -0.2) is 12.1 Å². The molecule has 0 atom stereocenters. The van der Waals surface area contributed by atoms with Crippen molar-refractivity contribution in [3.8, 4) is 16.3 Å². The van der Waals surface area contributed by atoms with Gasteiger partial charge in [0.25, 0.3) is 0 Å². The van der Waals surface area contributed by atoms with E-state index in [9.17, 15) is 0 Å². The van der Waals surface area contributed by atoms with Gasteiger partial charge in [0.1, 0.15) is 10.8 Å². The Morgan fingerprint density at radius 3 is 2.64 bits per heavy atom. The number of fused-ring (bicyclic) bond motifs is 2. The number of aromatic nitrogens is 1. The van der Waals surface area contributed by atoms with Crippen molar-refractivity contribution in [2.75, 3.05) is 7.11 Å². The van der Waals surface area contributed by atoms with Crippen LogP contribution in [0.3, 0.4) is 0 Å². The molecule has 1 aromatic heterocycles. The molecule has 0 fully saturated rings. The van der Waals surface area contributed by atoms with Gasteiger partial charge in [-0.25, -0.2) is 4.98 Å². The van der Waals surface area contributed by atoms with Gasteiger partial charge in [0.2, 0.25) is 0 Å². The van der Waals surface area contributed by atoms with Gasteiger partial charge in [0, 0.05) is 10.6 Å². The van der Waals surface area contributed by atoms with Crippen LogP contribution in [0.25, 0.3) is 31.6 Å². The molecule has 0 aliphatic heterocycles. The van der Waals surface area contributed by atoms with Crippen LogP contribution in [0.5, 0.6) is 5.75 Å². The highest BCUT2D eigenvalue weighted by Crippen LogP contribution is 2.33. The van der Waals surface area contributed by atoms with E-state index in [-0.39, 0.29) is 0 Å². The van der Waals surface area contributed by atoms with Gasteiger partial charge in [-0.1, -0.05) is 29.8 Å². The third-order valence-corrected chi connectivity index (χ3v) is 4.96. The maximum Gasteiger partial charge on any atom is 0.124 e. The lowest BCUT2D eigenvalue weighted by atomic mass is 10.1. The highest BCUT2D eigenvalue weighted by molar-refractivity contribution is 7.21. The molecule has 4 aromatic rings.